The van der Waals surface area contributed by atoms with E-state index in [0.29, 0.717) is 17.8 Å². The lowest BCUT2D eigenvalue weighted by atomic mass is 10.3. The highest BCUT2D eigenvalue weighted by Crippen LogP contribution is 2.21. The Morgan fingerprint density at radius 3 is 2.62 bits per heavy atom. The van der Waals surface area contributed by atoms with E-state index in [9.17, 15) is 26.4 Å². The number of carbonyl (C=O) groups is 1. The highest BCUT2D eigenvalue weighted by molar-refractivity contribution is 7.91. The number of amides is 2. The normalized spacial score (nSPS) is 15.7. The Kier molecular flexibility index (Phi) is 3.90. The fourth-order valence-electron chi connectivity index (χ4n) is 1.72. The van der Waals surface area contributed by atoms with Crippen LogP contribution < -0.4 is 5.43 Å². The number of hydrazone groups is 1. The third kappa shape index (κ3) is 2.99. The van der Waals surface area contributed by atoms with Crippen LogP contribution in [0.15, 0.2) is 22.1 Å². The number of nitrogens with one attached hydrogen (secondary N) is 1. The first-order chi connectivity index (χ1) is 9.72. The van der Waals surface area contributed by atoms with Crippen LogP contribution in [-0.2, 0) is 9.84 Å². The maximum atomic E-state index is 13.5. The summed E-state index contributed by atoms with van der Waals surface area (Å²) in [4.78, 5) is 11.3. The predicted octanol–water partition coefficient (Wildman–Crippen LogP) is 1.24. The molecule has 0 spiro atoms. The van der Waals surface area contributed by atoms with E-state index >= 15 is 0 Å². The molecule has 1 aromatic rings. The van der Waals surface area contributed by atoms with Crippen molar-refractivity contribution in [2.24, 2.45) is 5.10 Å². The molecular weight excluding hydrogens is 311 g/mol. The van der Waals surface area contributed by atoms with Crippen LogP contribution in [0.5, 0.6) is 0 Å². The number of urea groups is 1. The summed E-state index contributed by atoms with van der Waals surface area (Å²) in [6.45, 7) is 1.48. The van der Waals surface area contributed by atoms with E-state index < -0.39 is 44.1 Å². The summed E-state index contributed by atoms with van der Waals surface area (Å²) in [7, 11) is -4.36. The molecule has 0 unspecified atom stereocenters. The molecule has 0 atom stereocenters. The molecule has 0 saturated carbocycles. The van der Waals surface area contributed by atoms with Gasteiger partial charge in [-0.15, -0.1) is 0 Å². The number of halogens is 3. The van der Waals surface area contributed by atoms with Crippen LogP contribution in [0.25, 0.3) is 0 Å². The van der Waals surface area contributed by atoms with Gasteiger partial charge in [0.25, 0.3) is 0 Å². The van der Waals surface area contributed by atoms with E-state index in [1.807, 2.05) is 0 Å². The first-order valence-electron chi connectivity index (χ1n) is 5.66. The van der Waals surface area contributed by atoms with Crippen molar-refractivity contribution in [2.75, 3.05) is 12.4 Å². The zero-order chi connectivity index (χ0) is 15.8. The second-order valence-electron chi connectivity index (χ2n) is 4.38. The molecule has 1 N–H and O–H groups in total. The van der Waals surface area contributed by atoms with Gasteiger partial charge >= 0.3 is 6.03 Å². The van der Waals surface area contributed by atoms with Crippen molar-refractivity contribution in [3.63, 3.8) is 0 Å². The van der Waals surface area contributed by atoms with E-state index in [1.54, 1.807) is 6.92 Å². The predicted molar refractivity (Wildman–Crippen MR) is 66.7 cm³/mol. The van der Waals surface area contributed by atoms with E-state index in [-0.39, 0.29) is 6.54 Å². The number of nitrogens with zero attached hydrogens (tertiary/aromatic N) is 2. The highest BCUT2D eigenvalue weighted by atomic mass is 32.2. The van der Waals surface area contributed by atoms with Gasteiger partial charge in [0.1, 0.15) is 10.8 Å². The van der Waals surface area contributed by atoms with Gasteiger partial charge in [-0.25, -0.2) is 31.8 Å². The molecule has 0 bridgehead atoms. The van der Waals surface area contributed by atoms with Crippen molar-refractivity contribution in [1.29, 1.82) is 0 Å². The molecule has 0 aromatic heterocycles. The second-order valence-corrected chi connectivity index (χ2v) is 6.31. The second kappa shape index (κ2) is 5.35. The zero-order valence-electron chi connectivity index (χ0n) is 10.7. The average molecular weight is 321 g/mol. The molecule has 21 heavy (non-hydrogen) atoms. The van der Waals surface area contributed by atoms with Crippen LogP contribution in [0.4, 0.5) is 18.0 Å². The van der Waals surface area contributed by atoms with Gasteiger partial charge in [-0.1, -0.05) is 0 Å². The van der Waals surface area contributed by atoms with Crippen molar-refractivity contribution in [3.05, 3.63) is 29.6 Å². The Balaban J connectivity index is 2.33. The summed E-state index contributed by atoms with van der Waals surface area (Å²) in [6, 6.07) is 0.340. The Hall–Kier alpha value is -2.10. The fourth-order valence-corrected chi connectivity index (χ4v) is 3.12. The van der Waals surface area contributed by atoms with Gasteiger partial charge in [-0.2, -0.15) is 5.10 Å². The minimum Gasteiger partial charge on any atom is -0.303 e. The first kappa shape index (κ1) is 15.3. The molecule has 1 aromatic carbocycles. The van der Waals surface area contributed by atoms with Crippen LogP contribution in [0, 0.1) is 17.5 Å². The first-order valence-corrected chi connectivity index (χ1v) is 7.32. The number of sulfone groups is 1. The monoisotopic (exact) mass is 321 g/mol. The van der Waals surface area contributed by atoms with Gasteiger partial charge in [0.15, 0.2) is 27.3 Å². The summed E-state index contributed by atoms with van der Waals surface area (Å²) in [6.07, 6.45) is 0. The lowest BCUT2D eigenvalue weighted by Gasteiger charge is -2.25. The van der Waals surface area contributed by atoms with Crippen LogP contribution in [-0.4, -0.2) is 37.5 Å². The quantitative estimate of drug-likeness (QED) is 0.672. The number of hydrogen-bond donors (Lipinski definition) is 1. The number of hydrogen-bond acceptors (Lipinski definition) is 4. The summed E-state index contributed by atoms with van der Waals surface area (Å²) >= 11 is 0. The molecule has 1 aliphatic rings. The van der Waals surface area contributed by atoms with Crippen molar-refractivity contribution in [1.82, 2.24) is 10.3 Å². The van der Waals surface area contributed by atoms with Gasteiger partial charge in [-0.3, -0.25) is 0 Å². The fraction of sp³-hybridized carbons (Fsp3) is 0.273. The highest BCUT2D eigenvalue weighted by Gasteiger charge is 2.29. The van der Waals surface area contributed by atoms with Gasteiger partial charge in [0.05, 0.1) is 12.3 Å². The molecule has 0 radical (unpaired) electrons. The summed E-state index contributed by atoms with van der Waals surface area (Å²) < 4.78 is 63.6. The van der Waals surface area contributed by atoms with Crippen LogP contribution in [0.1, 0.15) is 6.92 Å². The van der Waals surface area contributed by atoms with Crippen LogP contribution in [0.2, 0.25) is 0 Å². The van der Waals surface area contributed by atoms with E-state index in [1.165, 1.54) is 0 Å². The molecule has 1 heterocycles. The lowest BCUT2D eigenvalue weighted by Crippen LogP contribution is -2.47. The van der Waals surface area contributed by atoms with Crippen LogP contribution in [0.3, 0.4) is 0 Å². The third-order valence-corrected chi connectivity index (χ3v) is 4.35. The summed E-state index contributed by atoms with van der Waals surface area (Å²) in [5.74, 6) is -6.06. The Morgan fingerprint density at radius 1 is 1.29 bits per heavy atom. The standard InChI is InChI=1S/C11H10F3N3O3S/c1-6-4-17(11(18)16-15-6)5-21(19,20)8-3-2-7(12)9(13)10(8)14/h2-3H,4-5H2,1H3,(H,16,18). The molecule has 6 nitrogen and oxygen atoms in total. The third-order valence-electron chi connectivity index (χ3n) is 2.71. The van der Waals surface area contributed by atoms with E-state index in [2.05, 4.69) is 10.5 Å². The number of rotatable bonds is 3. The SMILES string of the molecule is CC1=NNC(=O)N(CS(=O)(=O)c2ccc(F)c(F)c2F)C1. The summed E-state index contributed by atoms with van der Waals surface area (Å²) in [5.41, 5.74) is 2.51. The number of carbonyl (C=O) groups excluding carboxylic acids is 1. The van der Waals surface area contributed by atoms with Crippen molar-refractivity contribution in [2.45, 2.75) is 11.8 Å². The molecule has 10 heteroatoms. The zero-order valence-corrected chi connectivity index (χ0v) is 11.5. The maximum absolute atomic E-state index is 13.5. The van der Waals surface area contributed by atoms with Crippen molar-refractivity contribution < 1.29 is 26.4 Å². The largest absolute Gasteiger partial charge is 0.339 e. The van der Waals surface area contributed by atoms with Gasteiger partial charge in [0, 0.05) is 0 Å². The topological polar surface area (TPSA) is 78.8 Å². The van der Waals surface area contributed by atoms with E-state index in [0.717, 1.165) is 4.90 Å². The Labute approximate surface area is 118 Å². The minimum atomic E-state index is -4.36. The molecule has 114 valence electrons. The average Bonchev–Trinajstić information content (AvgIpc) is 2.39. The summed E-state index contributed by atoms with van der Waals surface area (Å²) in [5, 5.41) is 3.60. The minimum absolute atomic E-state index is 0.0731. The number of benzene rings is 1. The molecule has 1 aliphatic heterocycles. The van der Waals surface area contributed by atoms with Gasteiger partial charge < -0.3 is 4.90 Å². The Morgan fingerprint density at radius 2 is 1.95 bits per heavy atom. The Bertz CT molecular complexity index is 734. The molecule has 2 rings (SSSR count). The molecule has 0 aliphatic carbocycles. The molecular formula is C11H10F3N3O3S. The van der Waals surface area contributed by atoms with Gasteiger partial charge in [-0.05, 0) is 19.1 Å². The lowest BCUT2D eigenvalue weighted by molar-refractivity contribution is 0.209. The molecule has 0 fully saturated rings. The maximum Gasteiger partial charge on any atom is 0.339 e. The molecule has 0 saturated heterocycles. The molecule has 2 amide bonds. The smallest absolute Gasteiger partial charge is 0.303 e. The van der Waals surface area contributed by atoms with E-state index in [4.69, 9.17) is 0 Å². The van der Waals surface area contributed by atoms with Crippen molar-refractivity contribution in [3.8, 4) is 0 Å². The van der Waals surface area contributed by atoms with Gasteiger partial charge in [0.2, 0.25) is 0 Å². The van der Waals surface area contributed by atoms with Crippen molar-refractivity contribution >= 4 is 21.6 Å². The van der Waals surface area contributed by atoms with Crippen LogP contribution >= 0.6 is 0 Å².